The number of fused-ring (bicyclic) bond motifs is 1. The Hall–Kier alpha value is -1.81. The molecule has 2 aliphatic carbocycles. The average molecular weight is 574 g/mol. The molecular weight excluding hydrogens is 513 g/mol. The van der Waals surface area contributed by atoms with E-state index in [1.165, 1.54) is 73.0 Å². The summed E-state index contributed by atoms with van der Waals surface area (Å²) in [7, 11) is 0. The molecule has 1 fully saturated rings. The molecule has 1 aromatic rings. The Morgan fingerprint density at radius 1 is 1.00 bits per heavy atom. The van der Waals surface area contributed by atoms with Gasteiger partial charge in [0.1, 0.15) is 5.82 Å². The third-order valence-corrected chi connectivity index (χ3v) is 7.50. The minimum Gasteiger partial charge on any atom is -0.321 e. The summed E-state index contributed by atoms with van der Waals surface area (Å²) in [6.45, 7) is 21.5. The van der Waals surface area contributed by atoms with Crippen LogP contribution >= 0.6 is 12.6 Å². The number of rotatable bonds is 6. The lowest BCUT2D eigenvalue weighted by atomic mass is 9.80. The number of amides is 1. The van der Waals surface area contributed by atoms with E-state index in [-0.39, 0.29) is 11.7 Å². The lowest BCUT2D eigenvalue weighted by Crippen LogP contribution is -2.10. The molecule has 4 rings (SSSR count). The fourth-order valence-corrected chi connectivity index (χ4v) is 4.51. The number of anilines is 1. The van der Waals surface area contributed by atoms with E-state index in [2.05, 4.69) is 73.3 Å². The fraction of sp³-hybridized carbons (Fsp3) is 0.639. The van der Waals surface area contributed by atoms with Gasteiger partial charge in [-0.1, -0.05) is 92.6 Å². The smallest absolute Gasteiger partial charge is 0.256 e. The van der Waals surface area contributed by atoms with Crippen LogP contribution in [0.4, 0.5) is 10.1 Å². The predicted octanol–water partition coefficient (Wildman–Crippen LogP) is 12.1. The molecule has 1 aromatic carbocycles. The molecule has 1 saturated carbocycles. The molecule has 0 radical (unpaired) electrons. The topological polar surface area (TPSA) is 29.1 Å². The Balaban J connectivity index is 0.000000833. The molecule has 40 heavy (non-hydrogen) atoms. The normalized spacial score (nSPS) is 17.5. The first-order valence-electron chi connectivity index (χ1n) is 15.9. The van der Waals surface area contributed by atoms with Crippen molar-refractivity contribution in [3.63, 3.8) is 0 Å². The molecule has 1 heterocycles. The first-order chi connectivity index (χ1) is 19.1. The maximum atomic E-state index is 13.7. The Kier molecular flexibility index (Phi) is 20.9. The van der Waals surface area contributed by atoms with E-state index in [0.29, 0.717) is 16.8 Å². The van der Waals surface area contributed by atoms with E-state index in [9.17, 15) is 9.18 Å². The van der Waals surface area contributed by atoms with Crippen LogP contribution in [-0.2, 0) is 4.79 Å². The highest BCUT2D eigenvalue weighted by Crippen LogP contribution is 2.42. The van der Waals surface area contributed by atoms with Crippen molar-refractivity contribution in [1.82, 2.24) is 0 Å². The molecule has 4 heteroatoms. The second-order valence-corrected chi connectivity index (χ2v) is 11.5. The van der Waals surface area contributed by atoms with Crippen LogP contribution in [0.15, 0.2) is 46.1 Å². The summed E-state index contributed by atoms with van der Waals surface area (Å²) >= 11 is 4.00. The molecule has 0 atom stereocenters. The second-order valence-electron chi connectivity index (χ2n) is 11.0. The van der Waals surface area contributed by atoms with Gasteiger partial charge in [-0.15, -0.1) is 0 Å². The monoisotopic (exact) mass is 573 g/mol. The van der Waals surface area contributed by atoms with E-state index >= 15 is 0 Å². The van der Waals surface area contributed by atoms with Crippen molar-refractivity contribution in [1.29, 1.82) is 0 Å². The lowest BCUT2D eigenvalue weighted by molar-refractivity contribution is -0.110. The highest BCUT2D eigenvalue weighted by Gasteiger charge is 2.30. The van der Waals surface area contributed by atoms with Gasteiger partial charge in [-0.2, -0.15) is 12.6 Å². The number of nitrogens with one attached hydrogen (secondary N) is 1. The van der Waals surface area contributed by atoms with E-state index in [1.54, 1.807) is 6.07 Å². The largest absolute Gasteiger partial charge is 0.321 e. The standard InChI is InChI=1S/C22H26FNO.C5H12.C4H10S.C3H6.C2H6/c1-5-7-13(2)14(3)17-8-6-9-18(15(17)4)21-19-12-16(23)10-11-20(19)24-22(21)25;1-4-5(2)3;1-2-3-4-5;1-2-3-1;1-2/h10-12H,5-9H2,1-4H3,(H,24,25);5H,4H2,1-3H3;5H,2-4H2,1H3;1-3H2;1-2H3/b14-13-,21-18-;;;;. The second kappa shape index (κ2) is 21.9. The maximum absolute atomic E-state index is 13.7. The molecule has 228 valence electrons. The third-order valence-electron chi connectivity index (χ3n) is 7.19. The number of thiol groups is 1. The van der Waals surface area contributed by atoms with Gasteiger partial charge in [-0.3, -0.25) is 4.79 Å². The van der Waals surface area contributed by atoms with Crippen LogP contribution in [0, 0.1) is 11.7 Å². The van der Waals surface area contributed by atoms with Gasteiger partial charge >= 0.3 is 0 Å². The molecule has 2 nitrogen and oxygen atoms in total. The van der Waals surface area contributed by atoms with Crippen LogP contribution in [0.2, 0.25) is 0 Å². The zero-order valence-electron chi connectivity index (χ0n) is 27.5. The number of hydrogen-bond acceptors (Lipinski definition) is 2. The van der Waals surface area contributed by atoms with Crippen molar-refractivity contribution in [2.45, 2.75) is 140 Å². The predicted molar refractivity (Wildman–Crippen MR) is 181 cm³/mol. The van der Waals surface area contributed by atoms with Crippen molar-refractivity contribution >= 4 is 29.8 Å². The van der Waals surface area contributed by atoms with E-state index in [1.807, 2.05) is 13.8 Å². The van der Waals surface area contributed by atoms with Crippen molar-refractivity contribution in [3.8, 4) is 0 Å². The van der Waals surface area contributed by atoms with Crippen molar-refractivity contribution in [3.05, 3.63) is 57.4 Å². The zero-order valence-corrected chi connectivity index (χ0v) is 28.4. The summed E-state index contributed by atoms with van der Waals surface area (Å²) in [5.74, 6) is 1.51. The van der Waals surface area contributed by atoms with Gasteiger partial charge in [-0.05, 0) is 105 Å². The molecule has 3 aliphatic rings. The Morgan fingerprint density at radius 3 is 2.05 bits per heavy atom. The third kappa shape index (κ3) is 13.7. The van der Waals surface area contributed by atoms with Gasteiger partial charge in [-0.25, -0.2) is 4.39 Å². The summed E-state index contributed by atoms with van der Waals surface area (Å²) < 4.78 is 13.7. The van der Waals surface area contributed by atoms with Gasteiger partial charge in [0, 0.05) is 11.3 Å². The number of allylic oxidation sites excluding steroid dienone is 5. The first-order valence-corrected chi connectivity index (χ1v) is 16.6. The van der Waals surface area contributed by atoms with Crippen LogP contribution < -0.4 is 5.32 Å². The number of hydrogen-bond donors (Lipinski definition) is 2. The molecule has 1 aliphatic heterocycles. The first kappa shape index (κ1) is 38.2. The summed E-state index contributed by atoms with van der Waals surface area (Å²) in [5, 5.41) is 2.88. The lowest BCUT2D eigenvalue weighted by Gasteiger charge is -2.24. The number of carbonyl (C=O) groups is 1. The minimum atomic E-state index is -0.305. The van der Waals surface area contributed by atoms with Crippen LogP contribution in [0.3, 0.4) is 0 Å². The fourth-order valence-electron chi connectivity index (χ4n) is 4.20. The van der Waals surface area contributed by atoms with Gasteiger partial charge in [0.25, 0.3) is 5.91 Å². The molecule has 1 amide bonds. The molecular formula is C36H60FNOS. The van der Waals surface area contributed by atoms with E-state index < -0.39 is 0 Å². The van der Waals surface area contributed by atoms with Gasteiger partial charge < -0.3 is 5.32 Å². The highest BCUT2D eigenvalue weighted by atomic mass is 32.1. The van der Waals surface area contributed by atoms with Crippen molar-refractivity contribution < 1.29 is 9.18 Å². The summed E-state index contributed by atoms with van der Waals surface area (Å²) in [5.41, 5.74) is 8.48. The van der Waals surface area contributed by atoms with E-state index in [0.717, 1.165) is 49.3 Å². The number of halogens is 1. The number of carbonyl (C=O) groups excluding carboxylic acids is 1. The quantitative estimate of drug-likeness (QED) is 0.257. The maximum Gasteiger partial charge on any atom is 0.256 e. The summed E-state index contributed by atoms with van der Waals surface area (Å²) in [4.78, 5) is 12.6. The summed E-state index contributed by atoms with van der Waals surface area (Å²) in [6.07, 6.45) is 13.5. The number of benzene rings is 1. The van der Waals surface area contributed by atoms with Crippen LogP contribution in [0.1, 0.15) is 145 Å². The molecule has 1 N–H and O–H groups in total. The SMILES string of the molecule is C1CC1.CC.CCC(C)C.CCC/C(C)=C(/C)C1=C(C)/C(=C2\C(=O)Nc3ccc(F)cc32)CCC1.CCCCS. The highest BCUT2D eigenvalue weighted by molar-refractivity contribution is 7.80. The Bertz CT molecular complexity index is 980. The van der Waals surface area contributed by atoms with Crippen LogP contribution in [-0.4, -0.2) is 11.7 Å². The zero-order chi connectivity index (χ0) is 30.7. The molecule has 0 spiro atoms. The Morgan fingerprint density at radius 2 is 1.60 bits per heavy atom. The van der Waals surface area contributed by atoms with Gasteiger partial charge in [0.05, 0.1) is 5.57 Å². The minimum absolute atomic E-state index is 0.108. The van der Waals surface area contributed by atoms with Gasteiger partial charge in [0.2, 0.25) is 0 Å². The average Bonchev–Trinajstić information content (AvgIpc) is 3.80. The van der Waals surface area contributed by atoms with Crippen molar-refractivity contribution in [2.24, 2.45) is 5.92 Å². The molecule has 0 bridgehead atoms. The molecule has 0 unspecified atom stereocenters. The molecule has 0 aromatic heterocycles. The summed E-state index contributed by atoms with van der Waals surface area (Å²) in [6, 6.07) is 4.51. The number of unbranched alkanes of at least 4 members (excludes halogenated alkanes) is 1. The Labute approximate surface area is 252 Å². The molecule has 0 saturated heterocycles. The van der Waals surface area contributed by atoms with Crippen molar-refractivity contribution in [2.75, 3.05) is 11.1 Å². The van der Waals surface area contributed by atoms with E-state index in [4.69, 9.17) is 0 Å². The van der Waals surface area contributed by atoms with Crippen LogP contribution in [0.5, 0.6) is 0 Å². The van der Waals surface area contributed by atoms with Crippen LogP contribution in [0.25, 0.3) is 5.57 Å². The van der Waals surface area contributed by atoms with Gasteiger partial charge in [0.15, 0.2) is 0 Å².